The van der Waals surface area contributed by atoms with Gasteiger partial charge in [0.15, 0.2) is 0 Å². The molecular formula is C17H25NO4. The second-order valence-electron chi connectivity index (χ2n) is 5.62. The van der Waals surface area contributed by atoms with Crippen LogP contribution in [0.1, 0.15) is 39.2 Å². The maximum atomic E-state index is 11.9. The lowest BCUT2D eigenvalue weighted by molar-refractivity contribution is -0.141. The Morgan fingerprint density at radius 1 is 1.32 bits per heavy atom. The van der Waals surface area contributed by atoms with Gasteiger partial charge in [0, 0.05) is 6.54 Å². The minimum absolute atomic E-state index is 0.0782. The number of carbonyl (C=O) groups excluding carboxylic acids is 1. The quantitative estimate of drug-likeness (QED) is 0.735. The number of rotatable bonds is 9. The summed E-state index contributed by atoms with van der Waals surface area (Å²) >= 11 is 0. The lowest BCUT2D eigenvalue weighted by Gasteiger charge is -2.13. The molecule has 0 spiro atoms. The highest BCUT2D eigenvalue weighted by atomic mass is 16.5. The normalized spacial score (nSPS) is 12.0. The maximum Gasteiger partial charge on any atom is 0.308 e. The Morgan fingerprint density at radius 3 is 2.64 bits per heavy atom. The third-order valence-electron chi connectivity index (χ3n) is 3.17. The Balaban J connectivity index is 2.52. The van der Waals surface area contributed by atoms with Crippen LogP contribution in [-0.2, 0) is 16.0 Å². The van der Waals surface area contributed by atoms with Crippen molar-refractivity contribution in [1.82, 2.24) is 5.32 Å². The van der Waals surface area contributed by atoms with E-state index < -0.39 is 11.9 Å². The lowest BCUT2D eigenvalue weighted by atomic mass is 10.0. The van der Waals surface area contributed by atoms with Crippen LogP contribution in [0.25, 0.3) is 0 Å². The summed E-state index contributed by atoms with van der Waals surface area (Å²) in [6, 6.07) is 7.38. The van der Waals surface area contributed by atoms with E-state index in [4.69, 9.17) is 9.84 Å². The van der Waals surface area contributed by atoms with Crippen molar-refractivity contribution in [3.63, 3.8) is 0 Å². The Morgan fingerprint density at radius 2 is 2.05 bits per heavy atom. The van der Waals surface area contributed by atoms with Crippen molar-refractivity contribution in [2.45, 2.75) is 46.1 Å². The van der Waals surface area contributed by atoms with Gasteiger partial charge in [-0.15, -0.1) is 0 Å². The van der Waals surface area contributed by atoms with Crippen molar-refractivity contribution < 1.29 is 19.4 Å². The Labute approximate surface area is 131 Å². The zero-order chi connectivity index (χ0) is 16.5. The summed E-state index contributed by atoms with van der Waals surface area (Å²) in [5.74, 6) is -0.835. The minimum Gasteiger partial charge on any atom is -0.491 e. The molecule has 1 amide bonds. The molecule has 0 saturated heterocycles. The highest BCUT2D eigenvalue weighted by molar-refractivity contribution is 5.79. The van der Waals surface area contributed by atoms with Crippen LogP contribution in [0.2, 0.25) is 0 Å². The van der Waals surface area contributed by atoms with Gasteiger partial charge in [0.25, 0.3) is 0 Å². The molecule has 2 N–H and O–H groups in total. The van der Waals surface area contributed by atoms with Gasteiger partial charge in [0.2, 0.25) is 5.91 Å². The zero-order valence-electron chi connectivity index (χ0n) is 13.5. The third-order valence-corrected chi connectivity index (χ3v) is 3.17. The highest BCUT2D eigenvalue weighted by Crippen LogP contribution is 2.15. The molecule has 0 heterocycles. The summed E-state index contributed by atoms with van der Waals surface area (Å²) in [7, 11) is 0. The van der Waals surface area contributed by atoms with Crippen LogP contribution in [0.5, 0.6) is 5.75 Å². The largest absolute Gasteiger partial charge is 0.491 e. The molecule has 0 saturated carbocycles. The summed E-state index contributed by atoms with van der Waals surface area (Å²) in [5.41, 5.74) is 0.845. The monoisotopic (exact) mass is 307 g/mol. The van der Waals surface area contributed by atoms with Gasteiger partial charge in [0.05, 0.1) is 18.4 Å². The molecule has 0 bridgehead atoms. The smallest absolute Gasteiger partial charge is 0.308 e. The number of ether oxygens (including phenoxy) is 1. The third kappa shape index (κ3) is 6.61. The summed E-state index contributed by atoms with van der Waals surface area (Å²) < 4.78 is 5.59. The summed E-state index contributed by atoms with van der Waals surface area (Å²) in [6.07, 6.45) is 1.64. The lowest BCUT2D eigenvalue weighted by Crippen LogP contribution is -2.33. The predicted molar refractivity (Wildman–Crippen MR) is 85.0 cm³/mol. The SMILES string of the molecule is CCCC(CNC(=O)Cc1cccc(OC(C)C)c1)C(=O)O. The first-order valence-corrected chi connectivity index (χ1v) is 7.67. The van der Waals surface area contributed by atoms with Gasteiger partial charge in [-0.1, -0.05) is 25.5 Å². The van der Waals surface area contributed by atoms with Crippen LogP contribution in [0.3, 0.4) is 0 Å². The Bertz CT molecular complexity index is 499. The number of hydrogen-bond acceptors (Lipinski definition) is 3. The van der Waals surface area contributed by atoms with Crippen molar-refractivity contribution in [1.29, 1.82) is 0 Å². The van der Waals surface area contributed by atoms with Crippen molar-refractivity contribution in [3.8, 4) is 5.75 Å². The van der Waals surface area contributed by atoms with Gasteiger partial charge in [-0.25, -0.2) is 0 Å². The fourth-order valence-corrected chi connectivity index (χ4v) is 2.15. The van der Waals surface area contributed by atoms with E-state index in [0.29, 0.717) is 6.42 Å². The average molecular weight is 307 g/mol. The average Bonchev–Trinajstić information content (AvgIpc) is 2.42. The maximum absolute atomic E-state index is 11.9. The van der Waals surface area contributed by atoms with Crippen molar-refractivity contribution >= 4 is 11.9 Å². The fraction of sp³-hybridized carbons (Fsp3) is 0.529. The molecule has 1 unspecified atom stereocenters. The van der Waals surface area contributed by atoms with Gasteiger partial charge in [-0.3, -0.25) is 9.59 Å². The molecule has 0 aliphatic carbocycles. The first-order chi connectivity index (χ1) is 10.4. The molecule has 5 heteroatoms. The summed E-state index contributed by atoms with van der Waals surface area (Å²) in [5, 5.41) is 11.8. The standard InChI is InChI=1S/C17H25NO4/c1-4-6-14(17(20)21)11-18-16(19)10-13-7-5-8-15(9-13)22-12(2)3/h5,7-9,12,14H,4,6,10-11H2,1-3H3,(H,18,19)(H,20,21). The molecule has 0 radical (unpaired) electrons. The molecule has 0 aliphatic heterocycles. The van der Waals surface area contributed by atoms with E-state index in [1.807, 2.05) is 45.0 Å². The topological polar surface area (TPSA) is 75.6 Å². The molecule has 0 aromatic heterocycles. The van der Waals surface area contributed by atoms with Crippen molar-refractivity contribution in [3.05, 3.63) is 29.8 Å². The molecule has 1 aromatic rings. The molecule has 122 valence electrons. The van der Waals surface area contributed by atoms with E-state index in [9.17, 15) is 9.59 Å². The molecule has 0 fully saturated rings. The first-order valence-electron chi connectivity index (χ1n) is 7.67. The van der Waals surface area contributed by atoms with E-state index >= 15 is 0 Å². The molecule has 5 nitrogen and oxygen atoms in total. The zero-order valence-corrected chi connectivity index (χ0v) is 13.5. The minimum atomic E-state index is -0.866. The fourth-order valence-electron chi connectivity index (χ4n) is 2.15. The van der Waals surface area contributed by atoms with E-state index in [-0.39, 0.29) is 25.0 Å². The van der Waals surface area contributed by atoms with Crippen LogP contribution in [0, 0.1) is 5.92 Å². The molecule has 22 heavy (non-hydrogen) atoms. The van der Waals surface area contributed by atoms with E-state index in [1.165, 1.54) is 0 Å². The molecule has 1 aromatic carbocycles. The van der Waals surface area contributed by atoms with Crippen molar-refractivity contribution in [2.24, 2.45) is 5.92 Å². The number of carboxylic acid groups (broad SMARTS) is 1. The van der Waals surface area contributed by atoms with Crippen LogP contribution in [0.15, 0.2) is 24.3 Å². The van der Waals surface area contributed by atoms with Crippen molar-refractivity contribution in [2.75, 3.05) is 6.54 Å². The number of benzene rings is 1. The van der Waals surface area contributed by atoms with E-state index in [1.54, 1.807) is 0 Å². The van der Waals surface area contributed by atoms with Gasteiger partial charge in [0.1, 0.15) is 5.75 Å². The number of carbonyl (C=O) groups is 2. The Kier molecular flexibility index (Phi) is 7.43. The number of aliphatic carboxylic acids is 1. The van der Waals surface area contributed by atoms with Crippen LogP contribution < -0.4 is 10.1 Å². The first kappa shape index (κ1) is 18.0. The number of carboxylic acids is 1. The van der Waals surface area contributed by atoms with Gasteiger partial charge in [-0.2, -0.15) is 0 Å². The van der Waals surface area contributed by atoms with Gasteiger partial charge < -0.3 is 15.2 Å². The van der Waals surface area contributed by atoms with Gasteiger partial charge >= 0.3 is 5.97 Å². The molecule has 1 atom stereocenters. The number of nitrogens with one attached hydrogen (secondary N) is 1. The molecule has 1 rings (SSSR count). The van der Waals surface area contributed by atoms with Crippen LogP contribution in [-0.4, -0.2) is 29.6 Å². The van der Waals surface area contributed by atoms with E-state index in [0.717, 1.165) is 17.7 Å². The van der Waals surface area contributed by atoms with Gasteiger partial charge in [-0.05, 0) is 38.0 Å². The second kappa shape index (κ2) is 9.07. The molecular weight excluding hydrogens is 282 g/mol. The Hall–Kier alpha value is -2.04. The molecule has 0 aliphatic rings. The highest BCUT2D eigenvalue weighted by Gasteiger charge is 2.17. The summed E-state index contributed by atoms with van der Waals surface area (Å²) in [6.45, 7) is 5.99. The second-order valence-corrected chi connectivity index (χ2v) is 5.62. The number of amides is 1. The van der Waals surface area contributed by atoms with Crippen LogP contribution >= 0.6 is 0 Å². The predicted octanol–water partition coefficient (Wildman–Crippen LogP) is 2.63. The summed E-state index contributed by atoms with van der Waals surface area (Å²) in [4.78, 5) is 23.0. The van der Waals surface area contributed by atoms with Crippen LogP contribution in [0.4, 0.5) is 0 Å². The number of hydrogen-bond donors (Lipinski definition) is 2. The van der Waals surface area contributed by atoms with E-state index in [2.05, 4.69) is 5.32 Å².